The zero-order valence-corrected chi connectivity index (χ0v) is 19.8. The lowest BCUT2D eigenvalue weighted by Gasteiger charge is -2.30. The largest absolute Gasteiger partial charge is 0.467 e. The van der Waals surface area contributed by atoms with Crippen LogP contribution in [0.25, 0.3) is 26.8 Å². The van der Waals surface area contributed by atoms with Crippen LogP contribution in [0.5, 0.6) is 6.01 Å². The highest BCUT2D eigenvalue weighted by Gasteiger charge is 2.27. The van der Waals surface area contributed by atoms with Gasteiger partial charge in [0, 0.05) is 18.0 Å². The number of fused-ring (bicyclic) bond motifs is 3. The van der Waals surface area contributed by atoms with E-state index in [0.717, 1.165) is 29.3 Å². The first-order valence-corrected chi connectivity index (χ1v) is 11.4. The number of carbonyl (C=O) groups excluding carboxylic acids is 1. The number of imidazole rings is 1. The van der Waals surface area contributed by atoms with Gasteiger partial charge in [-0.3, -0.25) is 9.78 Å². The van der Waals surface area contributed by atoms with E-state index >= 15 is 0 Å². The van der Waals surface area contributed by atoms with Gasteiger partial charge >= 0.3 is 6.01 Å². The van der Waals surface area contributed by atoms with E-state index in [0.29, 0.717) is 35.0 Å². The Labute approximate surface area is 202 Å². The molecule has 10 nitrogen and oxygen atoms in total. The summed E-state index contributed by atoms with van der Waals surface area (Å²) in [6, 6.07) is 5.82. The van der Waals surface area contributed by atoms with Gasteiger partial charge in [-0.15, -0.1) is 0 Å². The highest BCUT2D eigenvalue weighted by Crippen LogP contribution is 2.35. The minimum atomic E-state index is -0.224. The molecule has 178 valence electrons. The van der Waals surface area contributed by atoms with Gasteiger partial charge in [0.2, 0.25) is 5.91 Å². The Hall–Kier alpha value is -4.10. The average molecular weight is 472 g/mol. The van der Waals surface area contributed by atoms with E-state index in [2.05, 4.69) is 36.6 Å². The maximum Gasteiger partial charge on any atom is 0.316 e. The number of carbonyl (C=O) groups is 1. The third-order valence-corrected chi connectivity index (χ3v) is 6.26. The number of aromatic nitrogens is 5. The number of nitrogens with zero attached hydrogens (tertiary/aromatic N) is 6. The number of hydrogen-bond donors (Lipinski definition) is 1. The zero-order valence-electron chi connectivity index (χ0n) is 19.8. The minimum absolute atomic E-state index is 0.0654. The Morgan fingerprint density at radius 3 is 2.89 bits per heavy atom. The number of anilines is 1. The lowest BCUT2D eigenvalue weighted by Crippen LogP contribution is -2.27. The molecule has 1 saturated heterocycles. The van der Waals surface area contributed by atoms with Crippen molar-refractivity contribution < 1.29 is 14.3 Å². The Balaban J connectivity index is 1.57. The van der Waals surface area contributed by atoms with Crippen LogP contribution in [0.1, 0.15) is 37.3 Å². The van der Waals surface area contributed by atoms with Gasteiger partial charge in [-0.2, -0.15) is 4.98 Å². The molecule has 35 heavy (non-hydrogen) atoms. The van der Waals surface area contributed by atoms with Crippen LogP contribution in [-0.4, -0.2) is 50.2 Å². The predicted molar refractivity (Wildman–Crippen MR) is 131 cm³/mol. The predicted octanol–water partition coefficient (Wildman–Crippen LogP) is 4.16. The Morgan fingerprint density at radius 1 is 1.29 bits per heavy atom. The number of methoxy groups -OCH3 is 1. The molecule has 1 N–H and O–H groups in total. The van der Waals surface area contributed by atoms with Crippen molar-refractivity contribution in [2.75, 3.05) is 19.0 Å². The summed E-state index contributed by atoms with van der Waals surface area (Å²) in [5, 5.41) is 3.75. The number of rotatable bonds is 5. The second-order valence-corrected chi connectivity index (χ2v) is 8.64. The van der Waals surface area contributed by atoms with Crippen molar-refractivity contribution in [1.82, 2.24) is 24.5 Å². The molecule has 0 unspecified atom stereocenters. The fourth-order valence-electron chi connectivity index (χ4n) is 4.61. The molecule has 3 aromatic heterocycles. The molecule has 4 aromatic rings. The Kier molecular flexibility index (Phi) is 6.01. The number of hydrogen-bond acceptors (Lipinski definition) is 7. The van der Waals surface area contributed by atoms with Crippen LogP contribution in [0.2, 0.25) is 0 Å². The van der Waals surface area contributed by atoms with E-state index in [1.54, 1.807) is 19.2 Å². The summed E-state index contributed by atoms with van der Waals surface area (Å²) in [6.45, 7) is 11.9. The van der Waals surface area contributed by atoms with Gasteiger partial charge in [-0.05, 0) is 38.8 Å². The van der Waals surface area contributed by atoms with Crippen molar-refractivity contribution in [2.45, 2.75) is 45.3 Å². The standard InChI is InChI=1S/C25H25N7O3/c1-14-9-17(7-8-35-14)32-22(11-23(33)31-20-12-28-25(34-4)29-15(20)2)30-21-13-27-19-6-5-16(26-3)10-18(19)24(21)32/h5-6,10,12-14,17H,7-9,11H2,1-2,4H3,(H,31,33)/t14-,17-/m1/s1. The van der Waals surface area contributed by atoms with Gasteiger partial charge in [0.05, 0.1) is 61.0 Å². The summed E-state index contributed by atoms with van der Waals surface area (Å²) in [7, 11) is 1.49. The molecular weight excluding hydrogens is 446 g/mol. The first kappa shape index (κ1) is 22.7. The molecular formula is C25H25N7O3. The summed E-state index contributed by atoms with van der Waals surface area (Å²) in [5.41, 5.74) is 4.05. The second kappa shape index (κ2) is 9.27. The van der Waals surface area contributed by atoms with Crippen molar-refractivity contribution >= 4 is 39.2 Å². The van der Waals surface area contributed by atoms with Crippen LogP contribution >= 0.6 is 0 Å². The molecule has 1 aliphatic heterocycles. The van der Waals surface area contributed by atoms with E-state index in [4.69, 9.17) is 21.0 Å². The first-order chi connectivity index (χ1) is 17.0. The van der Waals surface area contributed by atoms with Crippen LogP contribution in [0.15, 0.2) is 30.6 Å². The van der Waals surface area contributed by atoms with Crippen LogP contribution < -0.4 is 10.1 Å². The highest BCUT2D eigenvalue weighted by molar-refractivity contribution is 6.04. The fraction of sp³-hybridized carbons (Fsp3) is 0.360. The second-order valence-electron chi connectivity index (χ2n) is 8.64. The van der Waals surface area contributed by atoms with Crippen molar-refractivity contribution in [3.63, 3.8) is 0 Å². The molecule has 1 amide bonds. The molecule has 1 fully saturated rings. The number of aryl methyl sites for hydroxylation is 1. The number of nitrogens with one attached hydrogen (secondary N) is 1. The number of ether oxygens (including phenoxy) is 2. The van der Waals surface area contributed by atoms with Crippen LogP contribution in [-0.2, 0) is 16.0 Å². The molecule has 1 aliphatic rings. The van der Waals surface area contributed by atoms with Gasteiger partial charge in [0.15, 0.2) is 5.69 Å². The smallest absolute Gasteiger partial charge is 0.316 e. The van der Waals surface area contributed by atoms with E-state index in [9.17, 15) is 4.79 Å². The molecule has 0 bridgehead atoms. The van der Waals surface area contributed by atoms with Gasteiger partial charge in [-0.1, -0.05) is 6.07 Å². The maximum atomic E-state index is 13.1. The molecule has 10 heteroatoms. The third kappa shape index (κ3) is 4.38. The molecule has 0 spiro atoms. The minimum Gasteiger partial charge on any atom is -0.467 e. The van der Waals surface area contributed by atoms with E-state index in [-0.39, 0.29) is 30.5 Å². The summed E-state index contributed by atoms with van der Waals surface area (Å²) in [6.07, 6.45) is 5.04. The molecule has 0 saturated carbocycles. The zero-order chi connectivity index (χ0) is 24.5. The summed E-state index contributed by atoms with van der Waals surface area (Å²) >= 11 is 0. The summed E-state index contributed by atoms with van der Waals surface area (Å²) < 4.78 is 13.0. The lowest BCUT2D eigenvalue weighted by molar-refractivity contribution is -0.115. The molecule has 0 aliphatic carbocycles. The van der Waals surface area contributed by atoms with E-state index in [1.165, 1.54) is 13.3 Å². The lowest BCUT2D eigenvalue weighted by atomic mass is 10.0. The van der Waals surface area contributed by atoms with E-state index < -0.39 is 0 Å². The molecule has 0 radical (unpaired) electrons. The highest BCUT2D eigenvalue weighted by atomic mass is 16.5. The quantitative estimate of drug-likeness (QED) is 0.435. The summed E-state index contributed by atoms with van der Waals surface area (Å²) in [5.74, 6) is 0.420. The molecule has 4 heterocycles. The molecule has 1 aromatic carbocycles. The van der Waals surface area contributed by atoms with Crippen LogP contribution in [0.4, 0.5) is 11.4 Å². The Bertz CT molecular complexity index is 1470. The van der Waals surface area contributed by atoms with Crippen LogP contribution in [0, 0.1) is 13.5 Å². The topological polar surface area (TPSA) is 108 Å². The van der Waals surface area contributed by atoms with Gasteiger partial charge in [-0.25, -0.2) is 14.8 Å². The third-order valence-electron chi connectivity index (χ3n) is 6.26. The van der Waals surface area contributed by atoms with Crippen molar-refractivity contribution in [2.24, 2.45) is 0 Å². The fourth-order valence-corrected chi connectivity index (χ4v) is 4.61. The van der Waals surface area contributed by atoms with Gasteiger partial charge in [0.1, 0.15) is 11.3 Å². The normalized spacial score (nSPS) is 17.9. The van der Waals surface area contributed by atoms with Crippen molar-refractivity contribution in [3.05, 3.63) is 53.5 Å². The summed E-state index contributed by atoms with van der Waals surface area (Å²) in [4.78, 5) is 34.4. The SMILES string of the molecule is [C-]#[N+]c1ccc2ncc3nc(CC(=O)Nc4cnc(OC)nc4C)n([C@@H]4CCO[C@H](C)C4)c3c2c1. The first-order valence-electron chi connectivity index (χ1n) is 11.4. The van der Waals surface area contributed by atoms with Crippen molar-refractivity contribution in [3.8, 4) is 6.01 Å². The van der Waals surface area contributed by atoms with Crippen molar-refractivity contribution in [1.29, 1.82) is 0 Å². The number of amides is 1. The maximum absolute atomic E-state index is 13.1. The van der Waals surface area contributed by atoms with Gasteiger partial charge < -0.3 is 19.4 Å². The Morgan fingerprint density at radius 2 is 2.14 bits per heavy atom. The van der Waals surface area contributed by atoms with E-state index in [1.807, 2.05) is 12.1 Å². The average Bonchev–Trinajstić information content (AvgIpc) is 3.23. The number of pyridine rings is 1. The molecule has 2 atom stereocenters. The monoisotopic (exact) mass is 471 g/mol. The number of benzene rings is 1. The molecule has 5 rings (SSSR count). The van der Waals surface area contributed by atoms with Crippen LogP contribution in [0.3, 0.4) is 0 Å². The van der Waals surface area contributed by atoms with Gasteiger partial charge in [0.25, 0.3) is 0 Å².